The summed E-state index contributed by atoms with van der Waals surface area (Å²) in [5.41, 5.74) is 0. The summed E-state index contributed by atoms with van der Waals surface area (Å²) in [5.74, 6) is 1.47. The van der Waals surface area contributed by atoms with Crippen LogP contribution >= 0.6 is 15.9 Å². The third kappa shape index (κ3) is 2.42. The van der Waals surface area contributed by atoms with Gasteiger partial charge in [0.15, 0.2) is 0 Å². The third-order valence-electron chi connectivity index (χ3n) is 2.57. The fraction of sp³-hybridized carbons (Fsp3) is 0.700. The van der Waals surface area contributed by atoms with Crippen molar-refractivity contribution in [1.29, 1.82) is 0 Å². The molecule has 0 bridgehead atoms. The van der Waals surface area contributed by atoms with E-state index in [4.69, 9.17) is 0 Å². The van der Waals surface area contributed by atoms with Crippen LogP contribution in [0.4, 0.5) is 0 Å². The minimum absolute atomic E-state index is 0.209. The molecular formula is C10H15BrN4O. The Bertz CT molecular complexity index is 402. The Morgan fingerprint density at radius 2 is 2.25 bits per heavy atom. The fourth-order valence-corrected chi connectivity index (χ4v) is 2.19. The predicted octanol–water partition coefficient (Wildman–Crippen LogP) is 1.43. The number of carbonyl (C=O) groups excluding carboxylic acids is 1. The number of aromatic nitrogens is 3. The highest BCUT2D eigenvalue weighted by atomic mass is 79.9. The number of fused-ring (bicyclic) bond motifs is 1. The molecule has 16 heavy (non-hydrogen) atoms. The lowest BCUT2D eigenvalue weighted by Gasteiger charge is -2.27. The van der Waals surface area contributed by atoms with Crippen LogP contribution in [-0.4, -0.2) is 32.1 Å². The van der Waals surface area contributed by atoms with Crippen molar-refractivity contribution in [3.8, 4) is 0 Å². The summed E-state index contributed by atoms with van der Waals surface area (Å²) in [6.45, 7) is 6.15. The normalized spacial score (nSPS) is 15.4. The van der Waals surface area contributed by atoms with Crippen LogP contribution in [0.1, 0.15) is 26.1 Å². The zero-order chi connectivity index (χ0) is 11.7. The Morgan fingerprint density at radius 1 is 1.50 bits per heavy atom. The second-order valence-electron chi connectivity index (χ2n) is 4.43. The lowest BCUT2D eigenvalue weighted by molar-refractivity contribution is -0.133. The van der Waals surface area contributed by atoms with E-state index in [1.54, 1.807) is 0 Å². The molecule has 1 aliphatic heterocycles. The van der Waals surface area contributed by atoms with Crippen LogP contribution in [0.25, 0.3) is 0 Å². The Labute approximate surface area is 103 Å². The van der Waals surface area contributed by atoms with Gasteiger partial charge in [0.1, 0.15) is 5.82 Å². The Morgan fingerprint density at radius 3 is 2.94 bits per heavy atom. The van der Waals surface area contributed by atoms with Crippen molar-refractivity contribution in [3.05, 3.63) is 10.6 Å². The van der Waals surface area contributed by atoms with E-state index >= 15 is 0 Å². The molecule has 0 fully saturated rings. The lowest BCUT2D eigenvalue weighted by atomic mass is 10.1. The zero-order valence-electron chi connectivity index (χ0n) is 9.48. The zero-order valence-corrected chi connectivity index (χ0v) is 11.1. The molecule has 6 heteroatoms. The van der Waals surface area contributed by atoms with E-state index in [1.807, 2.05) is 9.58 Å². The van der Waals surface area contributed by atoms with E-state index in [0.29, 0.717) is 23.6 Å². The monoisotopic (exact) mass is 286 g/mol. The molecule has 1 amide bonds. The number of hydrogen-bond acceptors (Lipinski definition) is 3. The molecule has 1 aromatic rings. The molecule has 0 N–H and O–H groups in total. The molecule has 0 unspecified atom stereocenters. The van der Waals surface area contributed by atoms with Gasteiger partial charge in [-0.2, -0.15) is 0 Å². The van der Waals surface area contributed by atoms with E-state index in [0.717, 1.165) is 18.9 Å². The van der Waals surface area contributed by atoms with Crippen LogP contribution in [-0.2, 0) is 17.9 Å². The van der Waals surface area contributed by atoms with E-state index in [1.165, 1.54) is 0 Å². The summed E-state index contributed by atoms with van der Waals surface area (Å²) in [4.78, 5) is 18.0. The summed E-state index contributed by atoms with van der Waals surface area (Å²) in [6, 6.07) is 0. The van der Waals surface area contributed by atoms with Crippen molar-refractivity contribution in [3.63, 3.8) is 0 Å². The van der Waals surface area contributed by atoms with Crippen LogP contribution in [0.3, 0.4) is 0 Å². The van der Waals surface area contributed by atoms with Gasteiger partial charge in [0.05, 0.1) is 13.1 Å². The summed E-state index contributed by atoms with van der Waals surface area (Å²) in [6.07, 6.45) is 0.606. The van der Waals surface area contributed by atoms with Gasteiger partial charge in [0.25, 0.3) is 0 Å². The van der Waals surface area contributed by atoms with Crippen molar-refractivity contribution < 1.29 is 4.79 Å². The molecule has 0 radical (unpaired) electrons. The molecule has 88 valence electrons. The molecule has 1 aromatic heterocycles. The number of hydrogen-bond donors (Lipinski definition) is 0. The maximum Gasteiger partial charge on any atom is 0.223 e. The largest absolute Gasteiger partial charge is 0.333 e. The predicted molar refractivity (Wildman–Crippen MR) is 62.6 cm³/mol. The summed E-state index contributed by atoms with van der Waals surface area (Å²) in [5, 5.41) is 4.19. The molecule has 5 nitrogen and oxygen atoms in total. The third-order valence-corrected chi connectivity index (χ3v) is 2.91. The van der Waals surface area contributed by atoms with Crippen LogP contribution in [0, 0.1) is 5.92 Å². The Kier molecular flexibility index (Phi) is 3.28. The second-order valence-corrected chi connectivity index (χ2v) is 5.14. The summed E-state index contributed by atoms with van der Waals surface area (Å²) in [7, 11) is 0. The van der Waals surface area contributed by atoms with Gasteiger partial charge < -0.3 is 4.90 Å². The molecule has 2 rings (SSSR count). The molecule has 0 aromatic carbocycles. The first-order valence-electron chi connectivity index (χ1n) is 5.43. The number of amides is 1. The standard InChI is InChI=1S/C10H15BrN4O/c1-7(2)5-9(16)14-3-4-15-8(6-14)12-10(11)13-15/h7H,3-6H2,1-2H3. The molecule has 0 spiro atoms. The highest BCUT2D eigenvalue weighted by molar-refractivity contribution is 9.10. The van der Waals surface area contributed by atoms with Crippen LogP contribution in [0.2, 0.25) is 0 Å². The van der Waals surface area contributed by atoms with Crippen LogP contribution in [0.5, 0.6) is 0 Å². The van der Waals surface area contributed by atoms with Crippen molar-refractivity contribution in [2.75, 3.05) is 6.54 Å². The van der Waals surface area contributed by atoms with E-state index < -0.39 is 0 Å². The average Bonchev–Trinajstić information content (AvgIpc) is 2.55. The van der Waals surface area contributed by atoms with Gasteiger partial charge in [0, 0.05) is 13.0 Å². The maximum atomic E-state index is 11.9. The first-order valence-corrected chi connectivity index (χ1v) is 6.22. The Balaban J connectivity index is 2.04. The van der Waals surface area contributed by atoms with Gasteiger partial charge in [-0.05, 0) is 21.8 Å². The lowest BCUT2D eigenvalue weighted by Crippen LogP contribution is -2.39. The molecule has 0 saturated heterocycles. The van der Waals surface area contributed by atoms with Crippen LogP contribution in [0.15, 0.2) is 4.73 Å². The fourth-order valence-electron chi connectivity index (χ4n) is 1.80. The van der Waals surface area contributed by atoms with Gasteiger partial charge >= 0.3 is 0 Å². The van der Waals surface area contributed by atoms with Crippen molar-refractivity contribution in [2.45, 2.75) is 33.4 Å². The second kappa shape index (κ2) is 4.53. The molecule has 0 saturated carbocycles. The van der Waals surface area contributed by atoms with Gasteiger partial charge in [0.2, 0.25) is 10.6 Å². The molecule has 1 aliphatic rings. The molecule has 2 heterocycles. The topological polar surface area (TPSA) is 51.0 Å². The van der Waals surface area contributed by atoms with E-state index in [9.17, 15) is 4.79 Å². The first kappa shape index (κ1) is 11.6. The summed E-state index contributed by atoms with van der Waals surface area (Å²) < 4.78 is 2.45. The van der Waals surface area contributed by atoms with Gasteiger partial charge in [-0.1, -0.05) is 13.8 Å². The Hall–Kier alpha value is -0.910. The van der Waals surface area contributed by atoms with Crippen molar-refractivity contribution in [2.24, 2.45) is 5.92 Å². The van der Waals surface area contributed by atoms with Gasteiger partial charge in [-0.25, -0.2) is 9.67 Å². The van der Waals surface area contributed by atoms with E-state index in [-0.39, 0.29) is 5.91 Å². The van der Waals surface area contributed by atoms with Gasteiger partial charge in [-0.15, -0.1) is 5.10 Å². The minimum Gasteiger partial charge on any atom is -0.333 e. The van der Waals surface area contributed by atoms with Gasteiger partial charge in [-0.3, -0.25) is 4.79 Å². The molecular weight excluding hydrogens is 272 g/mol. The SMILES string of the molecule is CC(C)CC(=O)N1CCn2nc(Br)nc2C1. The number of nitrogens with zero attached hydrogens (tertiary/aromatic N) is 4. The number of halogens is 1. The first-order chi connectivity index (χ1) is 7.56. The molecule has 0 atom stereocenters. The van der Waals surface area contributed by atoms with Crippen molar-refractivity contribution >= 4 is 21.8 Å². The number of carbonyl (C=O) groups is 1. The summed E-state index contributed by atoms with van der Waals surface area (Å²) >= 11 is 3.24. The van der Waals surface area contributed by atoms with Crippen LogP contribution < -0.4 is 0 Å². The average molecular weight is 287 g/mol. The smallest absolute Gasteiger partial charge is 0.223 e. The number of rotatable bonds is 2. The maximum absolute atomic E-state index is 11.9. The van der Waals surface area contributed by atoms with E-state index in [2.05, 4.69) is 39.9 Å². The van der Waals surface area contributed by atoms with Crippen molar-refractivity contribution in [1.82, 2.24) is 19.7 Å². The minimum atomic E-state index is 0.209. The highest BCUT2D eigenvalue weighted by Crippen LogP contribution is 2.15. The molecule has 0 aliphatic carbocycles. The quantitative estimate of drug-likeness (QED) is 0.826. The highest BCUT2D eigenvalue weighted by Gasteiger charge is 2.23.